The number of nitrogens with zero attached hydrogens (tertiary/aromatic N) is 2. The summed E-state index contributed by atoms with van der Waals surface area (Å²) in [5.41, 5.74) is 0.171. The van der Waals surface area contributed by atoms with Crippen molar-refractivity contribution in [3.05, 3.63) is 0 Å². The second-order valence-corrected chi connectivity index (χ2v) is 8.01. The molecule has 0 aliphatic carbocycles. The van der Waals surface area contributed by atoms with Crippen LogP contribution in [0.5, 0.6) is 0 Å². The number of methoxy groups -OCH3 is 1. The molecule has 2 aliphatic heterocycles. The quantitative estimate of drug-likeness (QED) is 0.777. The van der Waals surface area contributed by atoms with Crippen LogP contribution in [-0.2, 0) is 14.3 Å². The number of fused-ring (bicyclic) bond motifs is 1. The van der Waals surface area contributed by atoms with Crippen LogP contribution < -0.4 is 5.32 Å². The maximum absolute atomic E-state index is 12.6. The van der Waals surface area contributed by atoms with E-state index in [2.05, 4.69) is 42.9 Å². The molecule has 1 amide bonds. The fourth-order valence-electron chi connectivity index (χ4n) is 3.82. The summed E-state index contributed by atoms with van der Waals surface area (Å²) in [7, 11) is 3.50. The molecule has 1 N–H and O–H groups in total. The van der Waals surface area contributed by atoms with Crippen LogP contribution in [0.15, 0.2) is 0 Å². The number of likely N-dealkylation sites (tertiary alicyclic amines) is 1. The smallest absolute Gasteiger partial charge is 0.305 e. The van der Waals surface area contributed by atoms with E-state index in [0.717, 1.165) is 19.5 Å². The fraction of sp³-hybridized carbons (Fsp3) is 0.882. The zero-order valence-electron chi connectivity index (χ0n) is 15.1. The number of hydrogen-bond acceptors (Lipinski definition) is 5. The molecule has 2 heterocycles. The number of rotatable bonds is 4. The van der Waals surface area contributed by atoms with E-state index < -0.39 is 0 Å². The summed E-state index contributed by atoms with van der Waals surface area (Å²) >= 11 is 0. The zero-order valence-corrected chi connectivity index (χ0v) is 15.1. The topological polar surface area (TPSA) is 61.9 Å². The SMILES string of the molecule is COC(=O)CCC1CNC(=O)C2C(CCN2CC(C)(C)C)N1C. The van der Waals surface area contributed by atoms with E-state index in [-0.39, 0.29) is 35.4 Å². The van der Waals surface area contributed by atoms with Gasteiger partial charge in [0.05, 0.1) is 7.11 Å². The molecule has 2 fully saturated rings. The molecule has 6 nitrogen and oxygen atoms in total. The van der Waals surface area contributed by atoms with E-state index in [1.807, 2.05) is 0 Å². The Kier molecular flexibility index (Phi) is 5.68. The van der Waals surface area contributed by atoms with Gasteiger partial charge in [-0.05, 0) is 25.3 Å². The van der Waals surface area contributed by atoms with Crippen molar-refractivity contribution in [3.8, 4) is 0 Å². The van der Waals surface area contributed by atoms with Crippen LogP contribution in [0, 0.1) is 5.41 Å². The van der Waals surface area contributed by atoms with Crippen molar-refractivity contribution in [1.82, 2.24) is 15.1 Å². The minimum Gasteiger partial charge on any atom is -0.469 e. The van der Waals surface area contributed by atoms with Gasteiger partial charge in [0, 0.05) is 38.1 Å². The predicted octanol–water partition coefficient (Wildman–Crippen LogP) is 0.859. The molecule has 0 spiro atoms. The average molecular weight is 325 g/mol. The number of ether oxygens (including phenoxy) is 1. The lowest BCUT2D eigenvalue weighted by Crippen LogP contribution is -2.51. The summed E-state index contributed by atoms with van der Waals surface area (Å²) < 4.78 is 4.73. The van der Waals surface area contributed by atoms with Crippen LogP contribution in [-0.4, -0.2) is 73.6 Å². The molecule has 3 unspecified atom stereocenters. The van der Waals surface area contributed by atoms with E-state index >= 15 is 0 Å². The van der Waals surface area contributed by atoms with Crippen molar-refractivity contribution in [1.29, 1.82) is 0 Å². The molecule has 0 bridgehead atoms. The third-order valence-electron chi connectivity index (χ3n) is 4.94. The Hall–Kier alpha value is -1.14. The second kappa shape index (κ2) is 7.18. The van der Waals surface area contributed by atoms with Crippen LogP contribution >= 0.6 is 0 Å². The number of amides is 1. The summed E-state index contributed by atoms with van der Waals surface area (Å²) in [6.45, 7) is 9.09. The number of likely N-dealkylation sites (N-methyl/N-ethyl adjacent to an activating group) is 1. The summed E-state index contributed by atoms with van der Waals surface area (Å²) in [5.74, 6) is -0.0597. The number of nitrogens with one attached hydrogen (secondary N) is 1. The highest BCUT2D eigenvalue weighted by molar-refractivity contribution is 5.83. The molecular weight excluding hydrogens is 294 g/mol. The van der Waals surface area contributed by atoms with Crippen molar-refractivity contribution in [2.45, 2.75) is 58.2 Å². The van der Waals surface area contributed by atoms with E-state index in [1.54, 1.807) is 0 Å². The maximum Gasteiger partial charge on any atom is 0.305 e. The average Bonchev–Trinajstić information content (AvgIpc) is 2.82. The van der Waals surface area contributed by atoms with Crippen LogP contribution in [0.2, 0.25) is 0 Å². The van der Waals surface area contributed by atoms with Gasteiger partial charge in [-0.25, -0.2) is 0 Å². The van der Waals surface area contributed by atoms with Crippen LogP contribution in [0.3, 0.4) is 0 Å². The van der Waals surface area contributed by atoms with E-state index in [1.165, 1.54) is 7.11 Å². The minimum absolute atomic E-state index is 0.0812. The third kappa shape index (κ3) is 4.44. The van der Waals surface area contributed by atoms with Crippen LogP contribution in [0.25, 0.3) is 0 Å². The first-order valence-electron chi connectivity index (χ1n) is 8.53. The van der Waals surface area contributed by atoms with Gasteiger partial charge >= 0.3 is 5.97 Å². The molecule has 132 valence electrons. The number of esters is 1. The molecule has 0 radical (unpaired) electrons. The van der Waals surface area contributed by atoms with Gasteiger partial charge in [0.1, 0.15) is 6.04 Å². The Bertz CT molecular complexity index is 447. The highest BCUT2D eigenvalue weighted by Crippen LogP contribution is 2.29. The largest absolute Gasteiger partial charge is 0.469 e. The Labute approximate surface area is 139 Å². The third-order valence-corrected chi connectivity index (χ3v) is 4.94. The van der Waals surface area contributed by atoms with Crippen molar-refractivity contribution >= 4 is 11.9 Å². The van der Waals surface area contributed by atoms with Gasteiger partial charge in [0.15, 0.2) is 0 Å². The Morgan fingerprint density at radius 2 is 2.09 bits per heavy atom. The zero-order chi connectivity index (χ0) is 17.2. The lowest BCUT2D eigenvalue weighted by molar-refractivity contribution is -0.141. The Morgan fingerprint density at radius 3 is 2.70 bits per heavy atom. The summed E-state index contributed by atoms with van der Waals surface area (Å²) in [4.78, 5) is 28.6. The van der Waals surface area contributed by atoms with Crippen LogP contribution in [0.4, 0.5) is 0 Å². The molecule has 0 saturated carbocycles. The first-order valence-corrected chi connectivity index (χ1v) is 8.53. The molecule has 23 heavy (non-hydrogen) atoms. The molecule has 3 atom stereocenters. The highest BCUT2D eigenvalue weighted by Gasteiger charge is 2.45. The predicted molar refractivity (Wildman–Crippen MR) is 89.0 cm³/mol. The number of carbonyl (C=O) groups is 2. The molecule has 2 rings (SSSR count). The standard InChI is InChI=1S/C17H31N3O3/c1-17(2,3)11-20-9-8-13-15(20)16(22)18-10-12(19(13)4)6-7-14(21)23-5/h12-13,15H,6-11H2,1-5H3,(H,18,22). The summed E-state index contributed by atoms with van der Waals surface area (Å²) in [5, 5.41) is 3.08. The molecule has 2 aliphatic rings. The van der Waals surface area contributed by atoms with Crippen LogP contribution in [0.1, 0.15) is 40.0 Å². The van der Waals surface area contributed by atoms with Gasteiger partial charge in [-0.1, -0.05) is 20.8 Å². The van der Waals surface area contributed by atoms with E-state index in [0.29, 0.717) is 19.4 Å². The van der Waals surface area contributed by atoms with E-state index in [4.69, 9.17) is 4.74 Å². The summed E-state index contributed by atoms with van der Waals surface area (Å²) in [6, 6.07) is 0.326. The molecule has 2 saturated heterocycles. The highest BCUT2D eigenvalue weighted by atomic mass is 16.5. The maximum atomic E-state index is 12.6. The fourth-order valence-corrected chi connectivity index (χ4v) is 3.82. The van der Waals surface area contributed by atoms with Crippen molar-refractivity contribution < 1.29 is 14.3 Å². The van der Waals surface area contributed by atoms with Gasteiger partial charge in [0.25, 0.3) is 0 Å². The molecule has 0 aromatic heterocycles. The summed E-state index contributed by atoms with van der Waals surface area (Å²) in [6.07, 6.45) is 2.11. The van der Waals surface area contributed by atoms with E-state index in [9.17, 15) is 9.59 Å². The van der Waals surface area contributed by atoms with Gasteiger partial charge in [-0.15, -0.1) is 0 Å². The minimum atomic E-state index is -0.189. The van der Waals surface area contributed by atoms with Gasteiger partial charge in [0.2, 0.25) is 5.91 Å². The van der Waals surface area contributed by atoms with Gasteiger partial charge in [-0.3, -0.25) is 19.4 Å². The van der Waals surface area contributed by atoms with Crippen molar-refractivity contribution in [2.24, 2.45) is 5.41 Å². The molecular formula is C17H31N3O3. The van der Waals surface area contributed by atoms with Gasteiger partial charge < -0.3 is 10.1 Å². The first kappa shape index (κ1) is 18.2. The lowest BCUT2D eigenvalue weighted by atomic mass is 9.95. The van der Waals surface area contributed by atoms with Crippen molar-refractivity contribution in [3.63, 3.8) is 0 Å². The van der Waals surface area contributed by atoms with Crippen molar-refractivity contribution in [2.75, 3.05) is 33.8 Å². The molecule has 0 aromatic carbocycles. The normalized spacial score (nSPS) is 29.8. The van der Waals surface area contributed by atoms with Gasteiger partial charge in [-0.2, -0.15) is 0 Å². The number of hydrogen-bond donors (Lipinski definition) is 1. The molecule has 6 heteroatoms. The lowest BCUT2D eigenvalue weighted by Gasteiger charge is -2.34. The molecule has 0 aromatic rings. The first-order chi connectivity index (χ1) is 10.7. The Morgan fingerprint density at radius 1 is 1.39 bits per heavy atom. The monoisotopic (exact) mass is 325 g/mol. The Balaban J connectivity index is 2.07. The second-order valence-electron chi connectivity index (χ2n) is 8.01. The number of carbonyl (C=O) groups excluding carboxylic acids is 2.